The maximum absolute atomic E-state index is 4.34. The predicted molar refractivity (Wildman–Crippen MR) is 54.7 cm³/mol. The Morgan fingerprint density at radius 3 is 2.62 bits per heavy atom. The third-order valence-electron chi connectivity index (χ3n) is 1.87. The van der Waals surface area contributed by atoms with Crippen LogP contribution in [-0.4, -0.2) is 15.2 Å². The minimum Gasteiger partial charge on any atom is -0.276 e. The van der Waals surface area contributed by atoms with Crippen LogP contribution in [0.2, 0.25) is 0 Å². The average molecular weight is 177 g/mol. The number of pyridine rings is 1. The summed E-state index contributed by atoms with van der Waals surface area (Å²) >= 11 is 0. The molecule has 0 aliphatic heterocycles. The lowest BCUT2D eigenvalue weighted by Crippen LogP contribution is -1.85. The Labute approximate surface area is 78.2 Å². The van der Waals surface area contributed by atoms with E-state index in [9.17, 15) is 0 Å². The van der Waals surface area contributed by atoms with Crippen LogP contribution in [0.5, 0.6) is 0 Å². The topological polar surface area (TPSA) is 41.6 Å². The Hall–Kier alpha value is -1.38. The van der Waals surface area contributed by atoms with Crippen molar-refractivity contribution in [2.24, 2.45) is 0 Å². The molecule has 0 radical (unpaired) electrons. The molecular formula is C10H15N3. The lowest BCUT2D eigenvalue weighted by atomic mass is 10.2. The average Bonchev–Trinajstić information content (AvgIpc) is 2.56. The maximum atomic E-state index is 4.34. The highest BCUT2D eigenvalue weighted by Crippen LogP contribution is 2.11. The maximum Gasteiger partial charge on any atom is 0.108 e. The molecule has 3 nitrogen and oxygen atoms in total. The monoisotopic (exact) mass is 177 g/mol. The fourth-order valence-electron chi connectivity index (χ4n) is 1.07. The van der Waals surface area contributed by atoms with Gasteiger partial charge in [0.2, 0.25) is 0 Å². The number of aromatic nitrogens is 3. The Kier molecular flexibility index (Phi) is 3.01. The van der Waals surface area contributed by atoms with Gasteiger partial charge < -0.3 is 0 Å². The van der Waals surface area contributed by atoms with Gasteiger partial charge in [0.15, 0.2) is 0 Å². The summed E-state index contributed by atoms with van der Waals surface area (Å²) in [5, 5.41) is 6.77. The Morgan fingerprint density at radius 1 is 1.23 bits per heavy atom. The second-order valence-corrected chi connectivity index (χ2v) is 2.69. The Bertz CT molecular complexity index is 354. The number of aryl methyl sites for hydroxylation is 2. The standard InChI is InChI=1S/C8H9N3.C2H6/c1-5-3-7-8(4-9-11-7)10-6(5)2;1-2/h3-4H,1-2H3,(H,9,11);1-2H3. The van der Waals surface area contributed by atoms with Crippen molar-refractivity contribution in [1.29, 1.82) is 0 Å². The fourth-order valence-corrected chi connectivity index (χ4v) is 1.07. The van der Waals surface area contributed by atoms with Crippen LogP contribution in [0, 0.1) is 13.8 Å². The third kappa shape index (κ3) is 1.86. The lowest BCUT2D eigenvalue weighted by Gasteiger charge is -1.96. The second kappa shape index (κ2) is 4.03. The number of H-pyrrole nitrogens is 1. The molecule has 3 heteroatoms. The molecule has 2 heterocycles. The van der Waals surface area contributed by atoms with Gasteiger partial charge in [0.25, 0.3) is 0 Å². The molecule has 0 atom stereocenters. The van der Waals surface area contributed by atoms with Crippen LogP contribution in [0.1, 0.15) is 25.1 Å². The SMILES string of the molecule is CC.Cc1cc2[nH]ncc2nc1C. The first kappa shape index (κ1) is 9.71. The van der Waals surface area contributed by atoms with Crippen molar-refractivity contribution in [3.63, 3.8) is 0 Å². The van der Waals surface area contributed by atoms with Crippen molar-refractivity contribution in [3.05, 3.63) is 23.5 Å². The van der Waals surface area contributed by atoms with E-state index < -0.39 is 0 Å². The summed E-state index contributed by atoms with van der Waals surface area (Å²) in [6.45, 7) is 8.05. The van der Waals surface area contributed by atoms with Crippen LogP contribution >= 0.6 is 0 Å². The van der Waals surface area contributed by atoms with Crippen molar-refractivity contribution in [2.75, 3.05) is 0 Å². The van der Waals surface area contributed by atoms with E-state index in [1.165, 1.54) is 5.56 Å². The molecular weight excluding hydrogens is 162 g/mol. The smallest absolute Gasteiger partial charge is 0.108 e. The molecule has 0 aliphatic rings. The fraction of sp³-hybridized carbons (Fsp3) is 0.400. The van der Waals surface area contributed by atoms with Gasteiger partial charge in [-0.1, -0.05) is 13.8 Å². The van der Waals surface area contributed by atoms with Gasteiger partial charge in [-0.2, -0.15) is 5.10 Å². The molecule has 0 spiro atoms. The molecule has 2 aromatic rings. The van der Waals surface area contributed by atoms with Crippen LogP contribution < -0.4 is 0 Å². The quantitative estimate of drug-likeness (QED) is 0.672. The largest absolute Gasteiger partial charge is 0.276 e. The Morgan fingerprint density at radius 2 is 1.92 bits per heavy atom. The summed E-state index contributed by atoms with van der Waals surface area (Å²) in [6.07, 6.45) is 1.74. The predicted octanol–water partition coefficient (Wildman–Crippen LogP) is 2.60. The van der Waals surface area contributed by atoms with Crippen molar-refractivity contribution in [3.8, 4) is 0 Å². The molecule has 0 saturated carbocycles. The summed E-state index contributed by atoms with van der Waals surface area (Å²) in [7, 11) is 0. The van der Waals surface area contributed by atoms with E-state index in [-0.39, 0.29) is 0 Å². The van der Waals surface area contributed by atoms with Gasteiger partial charge in [-0.15, -0.1) is 0 Å². The van der Waals surface area contributed by atoms with Crippen LogP contribution in [0.4, 0.5) is 0 Å². The van der Waals surface area contributed by atoms with E-state index in [2.05, 4.69) is 21.2 Å². The zero-order chi connectivity index (χ0) is 9.84. The normalized spacial score (nSPS) is 9.54. The first-order valence-corrected chi connectivity index (χ1v) is 4.55. The highest BCUT2D eigenvalue weighted by Gasteiger charge is 1.99. The van der Waals surface area contributed by atoms with Gasteiger partial charge in [0.1, 0.15) is 5.52 Å². The molecule has 0 aromatic carbocycles. The first-order chi connectivity index (χ1) is 6.27. The molecule has 0 unspecified atom stereocenters. The second-order valence-electron chi connectivity index (χ2n) is 2.69. The first-order valence-electron chi connectivity index (χ1n) is 4.55. The van der Waals surface area contributed by atoms with Gasteiger partial charge >= 0.3 is 0 Å². The van der Waals surface area contributed by atoms with E-state index in [0.717, 1.165) is 16.7 Å². The number of hydrogen-bond donors (Lipinski definition) is 1. The van der Waals surface area contributed by atoms with Crippen LogP contribution in [-0.2, 0) is 0 Å². The van der Waals surface area contributed by atoms with E-state index in [0.29, 0.717) is 0 Å². The van der Waals surface area contributed by atoms with E-state index in [1.54, 1.807) is 6.20 Å². The van der Waals surface area contributed by atoms with Crippen LogP contribution in [0.25, 0.3) is 11.0 Å². The number of nitrogens with zero attached hydrogens (tertiary/aromatic N) is 2. The van der Waals surface area contributed by atoms with E-state index in [1.807, 2.05) is 27.7 Å². The molecule has 2 aromatic heterocycles. The highest BCUT2D eigenvalue weighted by atomic mass is 15.1. The van der Waals surface area contributed by atoms with Gasteiger partial charge in [0.05, 0.1) is 11.7 Å². The third-order valence-corrected chi connectivity index (χ3v) is 1.87. The number of hydrogen-bond acceptors (Lipinski definition) is 2. The van der Waals surface area contributed by atoms with E-state index in [4.69, 9.17) is 0 Å². The minimum atomic E-state index is 0.938. The zero-order valence-corrected chi connectivity index (χ0v) is 8.55. The minimum absolute atomic E-state index is 0.938. The number of aromatic amines is 1. The lowest BCUT2D eigenvalue weighted by molar-refractivity contribution is 1.12. The van der Waals surface area contributed by atoms with E-state index >= 15 is 0 Å². The molecule has 2 rings (SSSR count). The van der Waals surface area contributed by atoms with Crippen molar-refractivity contribution in [1.82, 2.24) is 15.2 Å². The van der Waals surface area contributed by atoms with Gasteiger partial charge in [-0.3, -0.25) is 5.10 Å². The number of fused-ring (bicyclic) bond motifs is 1. The van der Waals surface area contributed by atoms with Crippen LogP contribution in [0.3, 0.4) is 0 Å². The summed E-state index contributed by atoms with van der Waals surface area (Å²) in [4.78, 5) is 4.34. The van der Waals surface area contributed by atoms with Gasteiger partial charge in [0, 0.05) is 5.69 Å². The summed E-state index contributed by atoms with van der Waals surface area (Å²) in [5.74, 6) is 0. The van der Waals surface area contributed by atoms with Gasteiger partial charge in [-0.05, 0) is 25.5 Å². The summed E-state index contributed by atoms with van der Waals surface area (Å²) in [6, 6.07) is 2.06. The zero-order valence-electron chi connectivity index (χ0n) is 8.55. The highest BCUT2D eigenvalue weighted by molar-refractivity contribution is 5.74. The molecule has 0 bridgehead atoms. The summed E-state index contributed by atoms with van der Waals surface area (Å²) < 4.78 is 0. The molecule has 0 amide bonds. The molecule has 1 N–H and O–H groups in total. The molecule has 0 saturated heterocycles. The van der Waals surface area contributed by atoms with Crippen molar-refractivity contribution < 1.29 is 0 Å². The Balaban J connectivity index is 0.000000396. The van der Waals surface area contributed by atoms with Crippen LogP contribution in [0.15, 0.2) is 12.3 Å². The number of rotatable bonds is 0. The van der Waals surface area contributed by atoms with Gasteiger partial charge in [-0.25, -0.2) is 4.98 Å². The van der Waals surface area contributed by atoms with Crippen molar-refractivity contribution in [2.45, 2.75) is 27.7 Å². The number of nitrogens with one attached hydrogen (secondary N) is 1. The molecule has 0 fully saturated rings. The molecule has 13 heavy (non-hydrogen) atoms. The summed E-state index contributed by atoms with van der Waals surface area (Å²) in [5.41, 5.74) is 4.21. The molecule has 0 aliphatic carbocycles. The molecule has 70 valence electrons. The van der Waals surface area contributed by atoms with Crippen molar-refractivity contribution >= 4 is 11.0 Å².